The second kappa shape index (κ2) is 7.72. The molecule has 0 atom stereocenters. The molecule has 9 nitrogen and oxygen atoms in total. The summed E-state index contributed by atoms with van der Waals surface area (Å²) in [4.78, 5) is 35.1. The Morgan fingerprint density at radius 3 is 2.88 bits per heavy atom. The Hall–Kier alpha value is -3.79. The van der Waals surface area contributed by atoms with E-state index in [9.17, 15) is 9.59 Å². The van der Waals surface area contributed by atoms with Crippen molar-refractivity contribution in [1.29, 1.82) is 0 Å². The first-order valence-electron chi connectivity index (χ1n) is 9.98. The van der Waals surface area contributed by atoms with Crippen LogP contribution < -0.4 is 5.56 Å². The Bertz CT molecular complexity index is 1510. The van der Waals surface area contributed by atoms with Crippen LogP contribution >= 0.6 is 11.3 Å². The van der Waals surface area contributed by atoms with Gasteiger partial charge in [-0.2, -0.15) is 5.10 Å². The van der Waals surface area contributed by atoms with Gasteiger partial charge in [-0.3, -0.25) is 9.20 Å². The van der Waals surface area contributed by atoms with E-state index in [0.29, 0.717) is 38.7 Å². The van der Waals surface area contributed by atoms with E-state index in [1.165, 1.54) is 21.8 Å². The number of thiazole rings is 1. The van der Waals surface area contributed by atoms with Crippen LogP contribution in [0.5, 0.6) is 0 Å². The van der Waals surface area contributed by atoms with Gasteiger partial charge in [0.25, 0.3) is 5.56 Å². The highest BCUT2D eigenvalue weighted by molar-refractivity contribution is 7.15. The van der Waals surface area contributed by atoms with Crippen molar-refractivity contribution in [2.24, 2.45) is 0 Å². The molecule has 162 valence electrons. The van der Waals surface area contributed by atoms with E-state index in [2.05, 4.69) is 15.1 Å². The fourth-order valence-corrected chi connectivity index (χ4v) is 4.40. The van der Waals surface area contributed by atoms with Crippen molar-refractivity contribution in [1.82, 2.24) is 24.1 Å². The Labute approximate surface area is 185 Å². The lowest BCUT2D eigenvalue weighted by atomic mass is 10.1. The molecule has 0 aliphatic heterocycles. The second-order valence-electron chi connectivity index (χ2n) is 7.61. The summed E-state index contributed by atoms with van der Waals surface area (Å²) in [5, 5.41) is 6.82. The molecule has 0 bridgehead atoms. The summed E-state index contributed by atoms with van der Waals surface area (Å²) < 4.78 is 14.3. The van der Waals surface area contributed by atoms with Gasteiger partial charge in [-0.15, -0.1) is 11.3 Å². The van der Waals surface area contributed by atoms with E-state index < -0.39 is 5.97 Å². The number of hydrogen-bond acceptors (Lipinski definition) is 8. The van der Waals surface area contributed by atoms with Gasteiger partial charge in [-0.05, 0) is 39.0 Å². The highest BCUT2D eigenvalue weighted by Crippen LogP contribution is 2.27. The van der Waals surface area contributed by atoms with Crippen molar-refractivity contribution in [2.75, 3.05) is 0 Å². The zero-order valence-corrected chi connectivity index (χ0v) is 18.4. The maximum atomic E-state index is 13.1. The van der Waals surface area contributed by atoms with E-state index in [4.69, 9.17) is 9.15 Å². The molecule has 5 aromatic heterocycles. The topological polar surface area (TPSA) is 105 Å². The molecular formula is C22H19N5O4S. The first-order chi connectivity index (χ1) is 15.4. The molecule has 5 rings (SSSR count). The predicted molar refractivity (Wildman–Crippen MR) is 119 cm³/mol. The Morgan fingerprint density at radius 2 is 2.12 bits per heavy atom. The van der Waals surface area contributed by atoms with Crippen molar-refractivity contribution in [3.8, 4) is 11.5 Å². The number of aryl methyl sites for hydroxylation is 1. The fourth-order valence-electron chi connectivity index (χ4n) is 3.51. The molecule has 0 spiro atoms. The smallest absolute Gasteiger partial charge is 0.339 e. The molecule has 0 fully saturated rings. The first kappa shape index (κ1) is 20.1. The quantitative estimate of drug-likeness (QED) is 0.373. The molecule has 0 aliphatic rings. The zero-order chi connectivity index (χ0) is 22.4. The van der Waals surface area contributed by atoms with Crippen LogP contribution in [0.15, 0.2) is 51.3 Å². The summed E-state index contributed by atoms with van der Waals surface area (Å²) >= 11 is 1.36. The second-order valence-corrected chi connectivity index (χ2v) is 8.45. The number of esters is 1. The van der Waals surface area contributed by atoms with Crippen LogP contribution in [0.3, 0.4) is 0 Å². The standard InChI is InChI=1S/C22H19N5O4S/c1-12(2)27-20-16(9-23-27)15(8-17(25-20)18-5-4-6-30-18)21(29)31-10-14-7-19(28)26-13(3)11-32-22(26)24-14/h4-9,11-12H,10H2,1-3H3. The van der Waals surface area contributed by atoms with Crippen molar-refractivity contribution in [3.63, 3.8) is 0 Å². The molecule has 0 N–H and O–H groups in total. The van der Waals surface area contributed by atoms with Crippen LogP contribution in [-0.2, 0) is 11.3 Å². The molecule has 5 heterocycles. The number of rotatable bonds is 5. The van der Waals surface area contributed by atoms with E-state index in [1.54, 1.807) is 35.3 Å². The Balaban J connectivity index is 1.51. The lowest BCUT2D eigenvalue weighted by Crippen LogP contribution is -2.16. The predicted octanol–water partition coefficient (Wildman–Crippen LogP) is 4.01. The number of furan rings is 1. The maximum absolute atomic E-state index is 13.1. The molecule has 0 unspecified atom stereocenters. The number of aromatic nitrogens is 5. The third kappa shape index (κ3) is 3.38. The number of pyridine rings is 1. The average molecular weight is 449 g/mol. The van der Waals surface area contributed by atoms with Crippen LogP contribution in [-0.4, -0.2) is 30.1 Å². The average Bonchev–Trinajstić information content (AvgIpc) is 3.51. The van der Waals surface area contributed by atoms with Crippen molar-refractivity contribution in [3.05, 3.63) is 69.4 Å². The van der Waals surface area contributed by atoms with E-state index in [-0.39, 0.29) is 18.2 Å². The van der Waals surface area contributed by atoms with Gasteiger partial charge < -0.3 is 9.15 Å². The van der Waals surface area contributed by atoms with E-state index >= 15 is 0 Å². The number of carbonyl (C=O) groups is 1. The number of hydrogen-bond donors (Lipinski definition) is 0. The maximum Gasteiger partial charge on any atom is 0.339 e. The van der Waals surface area contributed by atoms with Gasteiger partial charge in [0.2, 0.25) is 0 Å². The summed E-state index contributed by atoms with van der Waals surface area (Å²) in [5.74, 6) is -0.0245. The van der Waals surface area contributed by atoms with Crippen molar-refractivity contribution < 1.29 is 13.9 Å². The molecule has 5 aromatic rings. The SMILES string of the molecule is Cc1csc2nc(COC(=O)c3cc(-c4ccco4)nc4c3cnn4C(C)C)cc(=O)n12. The fraction of sp³-hybridized carbons (Fsp3) is 0.227. The van der Waals surface area contributed by atoms with Gasteiger partial charge in [-0.25, -0.2) is 19.4 Å². The van der Waals surface area contributed by atoms with Crippen LogP contribution in [0.2, 0.25) is 0 Å². The van der Waals surface area contributed by atoms with Gasteiger partial charge in [0.05, 0.1) is 29.1 Å². The van der Waals surface area contributed by atoms with Crippen molar-refractivity contribution >= 4 is 33.3 Å². The molecule has 0 saturated carbocycles. The number of ether oxygens (including phenoxy) is 1. The number of carbonyl (C=O) groups excluding carboxylic acids is 1. The molecular weight excluding hydrogens is 430 g/mol. The van der Waals surface area contributed by atoms with E-state index in [0.717, 1.165) is 5.69 Å². The van der Waals surface area contributed by atoms with E-state index in [1.807, 2.05) is 26.2 Å². The summed E-state index contributed by atoms with van der Waals surface area (Å²) in [6.45, 7) is 5.69. The summed E-state index contributed by atoms with van der Waals surface area (Å²) in [5.41, 5.74) is 2.39. The molecule has 0 aliphatic carbocycles. The highest BCUT2D eigenvalue weighted by atomic mass is 32.1. The lowest BCUT2D eigenvalue weighted by molar-refractivity contribution is 0.0470. The Morgan fingerprint density at radius 1 is 1.28 bits per heavy atom. The van der Waals surface area contributed by atoms with Crippen LogP contribution in [0.25, 0.3) is 27.4 Å². The monoisotopic (exact) mass is 449 g/mol. The third-order valence-electron chi connectivity index (χ3n) is 5.03. The first-order valence-corrected chi connectivity index (χ1v) is 10.9. The number of fused-ring (bicyclic) bond motifs is 2. The van der Waals surface area contributed by atoms with Gasteiger partial charge in [-0.1, -0.05) is 0 Å². The molecule has 32 heavy (non-hydrogen) atoms. The molecule has 0 amide bonds. The minimum absolute atomic E-state index is 0.0499. The summed E-state index contributed by atoms with van der Waals surface area (Å²) in [7, 11) is 0. The van der Waals surface area contributed by atoms with Crippen LogP contribution in [0.4, 0.5) is 0 Å². The lowest BCUT2D eigenvalue weighted by Gasteiger charge is -2.10. The largest absolute Gasteiger partial charge is 0.463 e. The normalized spacial score (nSPS) is 11.6. The van der Waals surface area contributed by atoms with Crippen LogP contribution in [0, 0.1) is 6.92 Å². The van der Waals surface area contributed by atoms with Crippen LogP contribution in [0.1, 0.15) is 41.6 Å². The van der Waals surface area contributed by atoms with Gasteiger partial charge in [0.15, 0.2) is 16.4 Å². The summed E-state index contributed by atoms with van der Waals surface area (Å²) in [6, 6.07) is 6.59. The minimum Gasteiger partial charge on any atom is -0.463 e. The van der Waals surface area contributed by atoms with Gasteiger partial charge >= 0.3 is 5.97 Å². The Kier molecular flexibility index (Phi) is 4.86. The molecule has 0 saturated heterocycles. The highest BCUT2D eigenvalue weighted by Gasteiger charge is 2.21. The summed E-state index contributed by atoms with van der Waals surface area (Å²) in [6.07, 6.45) is 3.15. The number of nitrogens with zero attached hydrogens (tertiary/aromatic N) is 5. The molecule has 10 heteroatoms. The van der Waals surface area contributed by atoms with Gasteiger partial charge in [0, 0.05) is 23.2 Å². The molecule has 0 radical (unpaired) electrons. The minimum atomic E-state index is -0.558. The zero-order valence-electron chi connectivity index (χ0n) is 17.6. The van der Waals surface area contributed by atoms with Crippen molar-refractivity contribution in [2.45, 2.75) is 33.4 Å². The third-order valence-corrected chi connectivity index (χ3v) is 5.97. The van der Waals surface area contributed by atoms with Gasteiger partial charge in [0.1, 0.15) is 12.3 Å². The molecule has 0 aromatic carbocycles.